The van der Waals surface area contributed by atoms with Gasteiger partial charge in [-0.1, -0.05) is 107 Å². The summed E-state index contributed by atoms with van der Waals surface area (Å²) in [4.78, 5) is 0. The Morgan fingerprint density at radius 1 is 0.774 bits per heavy atom. The number of benzene rings is 2. The van der Waals surface area contributed by atoms with Gasteiger partial charge in [-0.2, -0.15) is 5.26 Å². The molecule has 1 aliphatic carbocycles. The number of aryl methyl sites for hydroxylation is 1. The molecule has 0 unspecified atom stereocenters. The molecule has 1 nitrogen and oxygen atoms in total. The van der Waals surface area contributed by atoms with Crippen molar-refractivity contribution in [2.45, 2.75) is 103 Å². The highest BCUT2D eigenvalue weighted by Gasteiger charge is 2.36. The first-order chi connectivity index (χ1) is 15.2. The molecule has 2 aromatic carbocycles. The Morgan fingerprint density at radius 3 is 1.94 bits per heavy atom. The average molecular weight is 416 g/mol. The second kappa shape index (κ2) is 12.1. The minimum Gasteiger partial charge on any atom is -0.197 e. The molecule has 0 aliphatic heterocycles. The summed E-state index contributed by atoms with van der Waals surface area (Å²) >= 11 is 0. The van der Waals surface area contributed by atoms with Gasteiger partial charge >= 0.3 is 0 Å². The predicted molar refractivity (Wildman–Crippen MR) is 133 cm³/mol. The smallest absolute Gasteiger partial charge is 0.0822 e. The number of rotatable bonds is 11. The first kappa shape index (κ1) is 23.6. The number of unbranched alkanes of at least 4 members (excludes halogenated alkanes) is 5. The SMILES string of the molecule is CCCCCCC[C@H]1CC[C@@](C#N)(c2ccc(-c3ccc(CCCC)cc3)cc2)CC1. The normalized spacial score (nSPS) is 21.0. The molecule has 31 heavy (non-hydrogen) atoms. The molecule has 0 saturated heterocycles. The van der Waals surface area contributed by atoms with Crippen molar-refractivity contribution in [2.24, 2.45) is 5.92 Å². The van der Waals surface area contributed by atoms with Gasteiger partial charge in [-0.15, -0.1) is 0 Å². The van der Waals surface area contributed by atoms with Crippen LogP contribution in [0.25, 0.3) is 11.1 Å². The van der Waals surface area contributed by atoms with E-state index in [-0.39, 0.29) is 5.41 Å². The summed E-state index contributed by atoms with van der Waals surface area (Å²) in [6.45, 7) is 4.52. The third-order valence-corrected chi connectivity index (χ3v) is 7.43. The molecule has 2 aromatic rings. The lowest BCUT2D eigenvalue weighted by Crippen LogP contribution is -2.30. The molecule has 1 aliphatic rings. The molecule has 0 amide bonds. The van der Waals surface area contributed by atoms with E-state index in [0.717, 1.165) is 18.8 Å². The van der Waals surface area contributed by atoms with Crippen LogP contribution in [0.15, 0.2) is 48.5 Å². The van der Waals surface area contributed by atoms with E-state index in [4.69, 9.17) is 0 Å². The summed E-state index contributed by atoms with van der Waals surface area (Å²) in [5.74, 6) is 0.827. The van der Waals surface area contributed by atoms with Crippen molar-refractivity contribution >= 4 is 0 Å². The summed E-state index contributed by atoms with van der Waals surface area (Å²) in [7, 11) is 0. The highest BCUT2D eigenvalue weighted by Crippen LogP contribution is 2.43. The van der Waals surface area contributed by atoms with Crippen molar-refractivity contribution in [3.8, 4) is 17.2 Å². The lowest BCUT2D eigenvalue weighted by molar-refractivity contribution is 0.261. The van der Waals surface area contributed by atoms with Crippen LogP contribution in [0.1, 0.15) is 102 Å². The van der Waals surface area contributed by atoms with E-state index < -0.39 is 0 Å². The van der Waals surface area contributed by atoms with Crippen molar-refractivity contribution in [1.29, 1.82) is 5.26 Å². The Kier molecular flexibility index (Phi) is 9.20. The fraction of sp³-hybridized carbons (Fsp3) is 0.567. The molecule has 0 N–H and O–H groups in total. The zero-order valence-corrected chi connectivity index (χ0v) is 19.8. The molecule has 0 bridgehead atoms. The van der Waals surface area contributed by atoms with E-state index in [2.05, 4.69) is 68.4 Å². The second-order valence-electron chi connectivity index (χ2n) is 9.72. The van der Waals surface area contributed by atoms with Crippen LogP contribution >= 0.6 is 0 Å². The molecule has 0 aromatic heterocycles. The minimum atomic E-state index is -0.277. The third kappa shape index (κ3) is 6.46. The van der Waals surface area contributed by atoms with Gasteiger partial charge in [-0.25, -0.2) is 0 Å². The maximum absolute atomic E-state index is 10.1. The van der Waals surface area contributed by atoms with Gasteiger partial charge in [0, 0.05) is 0 Å². The molecule has 0 heterocycles. The number of nitrogens with zero attached hydrogens (tertiary/aromatic N) is 1. The zero-order chi connectivity index (χ0) is 21.9. The average Bonchev–Trinajstić information content (AvgIpc) is 2.83. The van der Waals surface area contributed by atoms with Crippen LogP contribution in [0, 0.1) is 17.2 Å². The fourth-order valence-corrected chi connectivity index (χ4v) is 5.19. The summed E-state index contributed by atoms with van der Waals surface area (Å²) < 4.78 is 0. The molecule has 3 rings (SSSR count). The molecule has 1 fully saturated rings. The standard InChI is InChI=1S/C30H41N/c1-3-5-7-8-9-11-26-20-22-30(24-31,23-21-26)29-18-16-28(17-19-29)27-14-12-25(13-15-27)10-6-4-2/h12-19,26H,3-11,20-23H2,1-2H3/t26-,30+. The van der Waals surface area contributed by atoms with Crippen LogP contribution in [0.3, 0.4) is 0 Å². The van der Waals surface area contributed by atoms with Gasteiger partial charge in [0.2, 0.25) is 0 Å². The molecule has 1 saturated carbocycles. The first-order valence-electron chi connectivity index (χ1n) is 12.8. The van der Waals surface area contributed by atoms with E-state index in [1.165, 1.54) is 92.9 Å². The maximum Gasteiger partial charge on any atom is 0.0822 e. The number of nitriles is 1. The van der Waals surface area contributed by atoms with Crippen LogP contribution in [0.4, 0.5) is 0 Å². The monoisotopic (exact) mass is 415 g/mol. The Bertz CT molecular complexity index is 801. The Labute approximate surface area is 190 Å². The minimum absolute atomic E-state index is 0.277. The zero-order valence-electron chi connectivity index (χ0n) is 19.8. The second-order valence-corrected chi connectivity index (χ2v) is 9.72. The van der Waals surface area contributed by atoms with Crippen LogP contribution in [-0.4, -0.2) is 0 Å². The summed E-state index contributed by atoms with van der Waals surface area (Å²) in [6, 6.07) is 20.6. The Morgan fingerprint density at radius 2 is 1.35 bits per heavy atom. The topological polar surface area (TPSA) is 23.8 Å². The molecular formula is C30H41N. The van der Waals surface area contributed by atoms with Crippen molar-refractivity contribution in [3.05, 3.63) is 59.7 Å². The molecular weight excluding hydrogens is 374 g/mol. The molecule has 166 valence electrons. The van der Waals surface area contributed by atoms with E-state index in [0.29, 0.717) is 0 Å². The molecule has 0 atom stereocenters. The van der Waals surface area contributed by atoms with Crippen molar-refractivity contribution in [1.82, 2.24) is 0 Å². The van der Waals surface area contributed by atoms with Crippen LogP contribution in [-0.2, 0) is 11.8 Å². The van der Waals surface area contributed by atoms with Gasteiger partial charge in [0.25, 0.3) is 0 Å². The van der Waals surface area contributed by atoms with Crippen LogP contribution in [0.5, 0.6) is 0 Å². The molecule has 0 spiro atoms. The van der Waals surface area contributed by atoms with Crippen molar-refractivity contribution in [3.63, 3.8) is 0 Å². The lowest BCUT2D eigenvalue weighted by Gasteiger charge is -2.35. The quantitative estimate of drug-likeness (QED) is 0.336. The Hall–Kier alpha value is -2.07. The fourth-order valence-electron chi connectivity index (χ4n) is 5.19. The van der Waals surface area contributed by atoms with Gasteiger partial charge in [0.05, 0.1) is 11.5 Å². The largest absolute Gasteiger partial charge is 0.197 e. The van der Waals surface area contributed by atoms with Crippen LogP contribution in [0.2, 0.25) is 0 Å². The number of hydrogen-bond donors (Lipinski definition) is 0. The predicted octanol–water partition coefficient (Wildman–Crippen LogP) is 9.01. The van der Waals surface area contributed by atoms with E-state index >= 15 is 0 Å². The lowest BCUT2D eigenvalue weighted by atomic mass is 9.66. The maximum atomic E-state index is 10.1. The van der Waals surface area contributed by atoms with E-state index in [1.807, 2.05) is 0 Å². The van der Waals surface area contributed by atoms with Crippen molar-refractivity contribution < 1.29 is 0 Å². The van der Waals surface area contributed by atoms with Gasteiger partial charge in [0.1, 0.15) is 0 Å². The summed E-state index contributed by atoms with van der Waals surface area (Å²) in [5.41, 5.74) is 4.89. The number of hydrogen-bond acceptors (Lipinski definition) is 1. The van der Waals surface area contributed by atoms with Gasteiger partial charge in [-0.3, -0.25) is 0 Å². The van der Waals surface area contributed by atoms with Gasteiger partial charge in [-0.05, 0) is 66.7 Å². The summed E-state index contributed by atoms with van der Waals surface area (Å²) in [6.07, 6.45) is 16.3. The Balaban J connectivity index is 1.57. The summed E-state index contributed by atoms with van der Waals surface area (Å²) in [5, 5.41) is 10.1. The van der Waals surface area contributed by atoms with Crippen LogP contribution < -0.4 is 0 Å². The first-order valence-corrected chi connectivity index (χ1v) is 12.8. The van der Waals surface area contributed by atoms with Gasteiger partial charge < -0.3 is 0 Å². The van der Waals surface area contributed by atoms with E-state index in [1.54, 1.807) is 0 Å². The molecule has 0 radical (unpaired) electrons. The van der Waals surface area contributed by atoms with Crippen molar-refractivity contribution in [2.75, 3.05) is 0 Å². The van der Waals surface area contributed by atoms with E-state index in [9.17, 15) is 5.26 Å². The highest BCUT2D eigenvalue weighted by molar-refractivity contribution is 5.64. The molecule has 1 heteroatoms. The van der Waals surface area contributed by atoms with Gasteiger partial charge in [0.15, 0.2) is 0 Å². The third-order valence-electron chi connectivity index (χ3n) is 7.43. The highest BCUT2D eigenvalue weighted by atomic mass is 14.4.